The summed E-state index contributed by atoms with van der Waals surface area (Å²) >= 11 is 0. The number of sulfonamides is 1. The number of carbonyl (C=O) groups excluding carboxylic acids is 1. The van der Waals surface area contributed by atoms with Gasteiger partial charge in [0.2, 0.25) is 0 Å². The van der Waals surface area contributed by atoms with Crippen LogP contribution in [0, 0.1) is 10.1 Å². The van der Waals surface area contributed by atoms with Crippen LogP contribution in [-0.4, -0.2) is 36.2 Å². The highest BCUT2D eigenvalue weighted by molar-refractivity contribution is 7.92. The van der Waals surface area contributed by atoms with Crippen molar-refractivity contribution in [1.82, 2.24) is 9.78 Å². The lowest BCUT2D eigenvalue weighted by molar-refractivity contribution is -0.385. The third kappa shape index (κ3) is 4.03. The number of anilines is 1. The first-order chi connectivity index (χ1) is 10.8. The fourth-order valence-electron chi connectivity index (χ4n) is 1.66. The molecular weight excluding hydrogens is 328 g/mol. The highest BCUT2D eigenvalue weighted by Crippen LogP contribution is 2.19. The number of hydrogen-bond donors (Lipinski definition) is 1. The number of nitro groups is 1. The second kappa shape index (κ2) is 6.44. The van der Waals surface area contributed by atoms with Gasteiger partial charge in [0.25, 0.3) is 15.7 Å². The molecule has 0 aliphatic carbocycles. The summed E-state index contributed by atoms with van der Waals surface area (Å²) < 4.78 is 32.2. The summed E-state index contributed by atoms with van der Waals surface area (Å²) in [4.78, 5) is 20.9. The van der Waals surface area contributed by atoms with Gasteiger partial charge >= 0.3 is 5.97 Å². The maximum absolute atomic E-state index is 12.2. The molecule has 11 heteroatoms. The summed E-state index contributed by atoms with van der Waals surface area (Å²) in [5, 5.41) is 14.6. The quantitative estimate of drug-likeness (QED) is 0.466. The molecule has 0 aliphatic rings. The van der Waals surface area contributed by atoms with E-state index in [4.69, 9.17) is 0 Å². The number of nitro benzene ring substituents is 1. The SMILES string of the molecule is COC(=O)Cn1ccc(NS(=O)(=O)c2cccc([N+](=O)[O-])c2)n1. The fourth-order valence-corrected chi connectivity index (χ4v) is 2.70. The number of esters is 1. The summed E-state index contributed by atoms with van der Waals surface area (Å²) in [6.07, 6.45) is 1.39. The van der Waals surface area contributed by atoms with Gasteiger partial charge in [-0.05, 0) is 6.07 Å². The van der Waals surface area contributed by atoms with E-state index in [-0.39, 0.29) is 22.9 Å². The van der Waals surface area contributed by atoms with Crippen molar-refractivity contribution >= 4 is 27.5 Å². The number of ether oxygens (including phenoxy) is 1. The third-order valence-electron chi connectivity index (χ3n) is 2.74. The van der Waals surface area contributed by atoms with Crippen LogP contribution < -0.4 is 4.72 Å². The zero-order valence-corrected chi connectivity index (χ0v) is 12.7. The standard InChI is InChI=1S/C12H12N4O6S/c1-22-12(17)8-15-6-5-11(13-15)14-23(20,21)10-4-2-3-9(7-10)16(18)19/h2-7H,8H2,1H3,(H,13,14). The Bertz CT molecular complexity index is 845. The molecule has 1 aromatic heterocycles. The van der Waals surface area contributed by atoms with Gasteiger partial charge in [0.1, 0.15) is 6.54 Å². The van der Waals surface area contributed by atoms with E-state index in [0.717, 1.165) is 6.07 Å². The smallest absolute Gasteiger partial charge is 0.327 e. The Balaban J connectivity index is 2.20. The van der Waals surface area contributed by atoms with E-state index in [1.807, 2.05) is 0 Å². The zero-order chi connectivity index (χ0) is 17.0. The molecule has 0 saturated carbocycles. The monoisotopic (exact) mass is 340 g/mol. The lowest BCUT2D eigenvalue weighted by Crippen LogP contribution is -2.15. The van der Waals surface area contributed by atoms with Crippen molar-refractivity contribution in [2.24, 2.45) is 0 Å². The summed E-state index contributed by atoms with van der Waals surface area (Å²) in [5.74, 6) is -0.568. The molecule has 0 radical (unpaired) electrons. The topological polar surface area (TPSA) is 133 Å². The molecule has 0 bridgehead atoms. The maximum atomic E-state index is 12.2. The molecule has 0 spiro atoms. The van der Waals surface area contributed by atoms with Crippen LogP contribution in [0.5, 0.6) is 0 Å². The summed E-state index contributed by atoms with van der Waals surface area (Å²) in [7, 11) is -2.82. The second-order valence-electron chi connectivity index (χ2n) is 4.33. The molecular formula is C12H12N4O6S. The Kier molecular flexibility index (Phi) is 4.60. The molecule has 10 nitrogen and oxygen atoms in total. The van der Waals surface area contributed by atoms with Crippen molar-refractivity contribution in [2.75, 3.05) is 11.8 Å². The first-order valence-corrected chi connectivity index (χ1v) is 7.67. The zero-order valence-electron chi connectivity index (χ0n) is 11.9. The van der Waals surface area contributed by atoms with E-state index in [0.29, 0.717) is 0 Å². The van der Waals surface area contributed by atoms with Gasteiger partial charge in [-0.3, -0.25) is 24.3 Å². The Hall–Kier alpha value is -2.95. The van der Waals surface area contributed by atoms with Crippen molar-refractivity contribution in [1.29, 1.82) is 0 Å². The number of aromatic nitrogens is 2. The maximum Gasteiger partial charge on any atom is 0.327 e. The van der Waals surface area contributed by atoms with Crippen LogP contribution in [0.2, 0.25) is 0 Å². The molecule has 1 N–H and O–H groups in total. The van der Waals surface area contributed by atoms with Gasteiger partial charge in [0.05, 0.1) is 16.9 Å². The molecule has 1 heterocycles. The van der Waals surface area contributed by atoms with Gasteiger partial charge in [0, 0.05) is 24.4 Å². The lowest BCUT2D eigenvalue weighted by Gasteiger charge is -2.05. The van der Waals surface area contributed by atoms with E-state index in [1.165, 1.54) is 42.3 Å². The van der Waals surface area contributed by atoms with Crippen LogP contribution in [-0.2, 0) is 26.1 Å². The van der Waals surface area contributed by atoms with Crippen molar-refractivity contribution in [3.63, 3.8) is 0 Å². The number of rotatable bonds is 6. The first kappa shape index (κ1) is 16.4. The minimum Gasteiger partial charge on any atom is -0.468 e. The number of hydrogen-bond acceptors (Lipinski definition) is 7. The minimum atomic E-state index is -4.04. The molecule has 0 aliphatic heterocycles. The largest absolute Gasteiger partial charge is 0.468 e. The second-order valence-corrected chi connectivity index (χ2v) is 6.02. The number of carbonyl (C=O) groups is 1. The fraction of sp³-hybridized carbons (Fsp3) is 0.167. The molecule has 122 valence electrons. The molecule has 0 amide bonds. The van der Waals surface area contributed by atoms with Gasteiger partial charge in [-0.25, -0.2) is 8.42 Å². The molecule has 0 atom stereocenters. The van der Waals surface area contributed by atoms with Gasteiger partial charge in [0.15, 0.2) is 5.82 Å². The molecule has 1 aromatic carbocycles. The van der Waals surface area contributed by atoms with Gasteiger partial charge in [-0.15, -0.1) is 0 Å². The predicted molar refractivity (Wildman–Crippen MR) is 78.1 cm³/mol. The van der Waals surface area contributed by atoms with E-state index in [2.05, 4.69) is 14.6 Å². The Labute approximate surface area is 130 Å². The van der Waals surface area contributed by atoms with Gasteiger partial charge in [-0.1, -0.05) is 6.07 Å². The highest BCUT2D eigenvalue weighted by Gasteiger charge is 2.19. The molecule has 2 aromatic rings. The molecule has 2 rings (SSSR count). The molecule has 0 fully saturated rings. The molecule has 0 saturated heterocycles. The minimum absolute atomic E-state index is 0.0274. The lowest BCUT2D eigenvalue weighted by atomic mass is 10.3. The highest BCUT2D eigenvalue weighted by atomic mass is 32.2. The van der Waals surface area contributed by atoms with Crippen LogP contribution in [0.3, 0.4) is 0 Å². The summed E-state index contributed by atoms with van der Waals surface area (Å²) in [5.41, 5.74) is -0.343. The van der Waals surface area contributed by atoms with Crippen LogP contribution >= 0.6 is 0 Å². The predicted octanol–water partition coefficient (Wildman–Crippen LogP) is 0.765. The van der Waals surface area contributed by atoms with Crippen molar-refractivity contribution < 1.29 is 22.9 Å². The average molecular weight is 340 g/mol. The number of nitrogens with zero attached hydrogens (tertiary/aromatic N) is 3. The van der Waals surface area contributed by atoms with Gasteiger partial charge < -0.3 is 4.74 Å². The number of nitrogens with one attached hydrogen (secondary N) is 1. The summed E-state index contributed by atoms with van der Waals surface area (Å²) in [6.45, 7) is -0.172. The van der Waals surface area contributed by atoms with Crippen LogP contribution in [0.4, 0.5) is 11.5 Å². The first-order valence-electron chi connectivity index (χ1n) is 6.19. The average Bonchev–Trinajstić information content (AvgIpc) is 2.93. The van der Waals surface area contributed by atoms with Crippen molar-refractivity contribution in [3.05, 3.63) is 46.6 Å². The van der Waals surface area contributed by atoms with E-state index < -0.39 is 20.9 Å². The van der Waals surface area contributed by atoms with Gasteiger partial charge in [-0.2, -0.15) is 5.10 Å². The number of non-ortho nitro benzene ring substituents is 1. The summed E-state index contributed by atoms with van der Waals surface area (Å²) in [6, 6.07) is 5.96. The Morgan fingerprint density at radius 3 is 2.83 bits per heavy atom. The Morgan fingerprint density at radius 1 is 1.43 bits per heavy atom. The van der Waals surface area contributed by atoms with E-state index in [1.54, 1.807) is 0 Å². The van der Waals surface area contributed by atoms with E-state index in [9.17, 15) is 23.3 Å². The van der Waals surface area contributed by atoms with Crippen molar-refractivity contribution in [3.8, 4) is 0 Å². The third-order valence-corrected chi connectivity index (χ3v) is 4.09. The van der Waals surface area contributed by atoms with Crippen LogP contribution in [0.1, 0.15) is 0 Å². The van der Waals surface area contributed by atoms with Crippen molar-refractivity contribution in [2.45, 2.75) is 11.4 Å². The van der Waals surface area contributed by atoms with Crippen LogP contribution in [0.25, 0.3) is 0 Å². The number of methoxy groups -OCH3 is 1. The molecule has 23 heavy (non-hydrogen) atoms. The molecule has 0 unspecified atom stereocenters. The van der Waals surface area contributed by atoms with E-state index >= 15 is 0 Å². The Morgan fingerprint density at radius 2 is 2.17 bits per heavy atom. The number of benzene rings is 1. The van der Waals surface area contributed by atoms with Crippen LogP contribution in [0.15, 0.2) is 41.4 Å². The normalized spacial score (nSPS) is 11.0.